The fourth-order valence-corrected chi connectivity index (χ4v) is 1.94. The zero-order valence-electron chi connectivity index (χ0n) is 11.2. The van der Waals surface area contributed by atoms with Crippen molar-refractivity contribution in [1.82, 2.24) is 15.1 Å². The molecule has 1 atom stereocenters. The standard InChI is InChI=1S/C12H21ClN4O/c1-4-6-15-10(12(14)18)5-7-17-9(3)11(13)8(2)16-17/h10,15H,4-7H2,1-3H3,(H2,14,18). The second kappa shape index (κ2) is 6.75. The number of hydrogen-bond donors (Lipinski definition) is 2. The molecule has 1 rings (SSSR count). The topological polar surface area (TPSA) is 72.9 Å². The lowest BCUT2D eigenvalue weighted by molar-refractivity contribution is -0.120. The molecule has 6 heteroatoms. The van der Waals surface area contributed by atoms with Crippen LogP contribution in [-0.4, -0.2) is 28.3 Å². The van der Waals surface area contributed by atoms with Gasteiger partial charge < -0.3 is 11.1 Å². The average Bonchev–Trinajstić information content (AvgIpc) is 2.56. The first-order valence-electron chi connectivity index (χ1n) is 6.19. The molecule has 3 N–H and O–H groups in total. The highest BCUT2D eigenvalue weighted by atomic mass is 35.5. The predicted octanol–water partition coefficient (Wildman–Crippen LogP) is 1.40. The maximum atomic E-state index is 11.3. The third-order valence-electron chi connectivity index (χ3n) is 2.91. The van der Waals surface area contributed by atoms with Gasteiger partial charge in [0.25, 0.3) is 0 Å². The van der Waals surface area contributed by atoms with Crippen LogP contribution in [0.15, 0.2) is 0 Å². The molecular formula is C12H21ClN4O. The van der Waals surface area contributed by atoms with Gasteiger partial charge in [0.05, 0.1) is 22.5 Å². The van der Waals surface area contributed by atoms with E-state index in [0.29, 0.717) is 18.0 Å². The molecular weight excluding hydrogens is 252 g/mol. The summed E-state index contributed by atoms with van der Waals surface area (Å²) in [6, 6.07) is -0.312. The summed E-state index contributed by atoms with van der Waals surface area (Å²) in [6.07, 6.45) is 1.59. The van der Waals surface area contributed by atoms with Crippen LogP contribution >= 0.6 is 11.6 Å². The van der Waals surface area contributed by atoms with Crippen molar-refractivity contribution in [2.45, 2.75) is 46.2 Å². The zero-order chi connectivity index (χ0) is 13.7. The second-order valence-corrected chi connectivity index (χ2v) is 4.78. The highest BCUT2D eigenvalue weighted by molar-refractivity contribution is 6.31. The van der Waals surface area contributed by atoms with E-state index < -0.39 is 0 Å². The molecule has 0 aliphatic rings. The molecule has 102 valence electrons. The van der Waals surface area contributed by atoms with Gasteiger partial charge in [0, 0.05) is 6.54 Å². The van der Waals surface area contributed by atoms with Crippen molar-refractivity contribution in [3.05, 3.63) is 16.4 Å². The quantitative estimate of drug-likeness (QED) is 0.788. The number of aryl methyl sites for hydroxylation is 2. The van der Waals surface area contributed by atoms with Crippen LogP contribution in [-0.2, 0) is 11.3 Å². The number of nitrogens with one attached hydrogen (secondary N) is 1. The van der Waals surface area contributed by atoms with Crippen LogP contribution in [0.2, 0.25) is 5.02 Å². The molecule has 0 radical (unpaired) electrons. The average molecular weight is 273 g/mol. The van der Waals surface area contributed by atoms with E-state index in [9.17, 15) is 4.79 Å². The van der Waals surface area contributed by atoms with Gasteiger partial charge in [-0.15, -0.1) is 0 Å². The monoisotopic (exact) mass is 272 g/mol. The van der Waals surface area contributed by atoms with E-state index in [4.69, 9.17) is 17.3 Å². The number of aromatic nitrogens is 2. The summed E-state index contributed by atoms with van der Waals surface area (Å²) in [6.45, 7) is 7.24. The SMILES string of the molecule is CCCNC(CCn1nc(C)c(Cl)c1C)C(N)=O. The lowest BCUT2D eigenvalue weighted by Crippen LogP contribution is -2.42. The van der Waals surface area contributed by atoms with Crippen molar-refractivity contribution in [2.75, 3.05) is 6.54 Å². The molecule has 0 bridgehead atoms. The van der Waals surface area contributed by atoms with Crippen LogP contribution in [0.1, 0.15) is 31.2 Å². The highest BCUT2D eigenvalue weighted by Crippen LogP contribution is 2.19. The zero-order valence-corrected chi connectivity index (χ0v) is 11.9. The first-order chi connectivity index (χ1) is 8.47. The second-order valence-electron chi connectivity index (χ2n) is 4.41. The number of amides is 1. The van der Waals surface area contributed by atoms with E-state index in [-0.39, 0.29) is 11.9 Å². The minimum absolute atomic E-state index is 0.312. The number of carbonyl (C=O) groups excluding carboxylic acids is 1. The third kappa shape index (κ3) is 3.71. The van der Waals surface area contributed by atoms with E-state index >= 15 is 0 Å². The van der Waals surface area contributed by atoms with Crippen LogP contribution in [0.5, 0.6) is 0 Å². The minimum atomic E-state index is -0.323. The van der Waals surface area contributed by atoms with Crippen LogP contribution in [0.3, 0.4) is 0 Å². The summed E-state index contributed by atoms with van der Waals surface area (Å²) in [5.41, 5.74) is 7.09. The fraction of sp³-hybridized carbons (Fsp3) is 0.667. The number of hydrogen-bond acceptors (Lipinski definition) is 3. The molecule has 0 aromatic carbocycles. The van der Waals surface area contributed by atoms with Crippen molar-refractivity contribution in [2.24, 2.45) is 5.73 Å². The van der Waals surface area contributed by atoms with Crippen LogP contribution in [0, 0.1) is 13.8 Å². The van der Waals surface area contributed by atoms with E-state index in [1.165, 1.54) is 0 Å². The summed E-state index contributed by atoms with van der Waals surface area (Å²) in [5, 5.41) is 8.14. The van der Waals surface area contributed by atoms with Gasteiger partial charge in [-0.05, 0) is 33.2 Å². The van der Waals surface area contributed by atoms with Crippen molar-refractivity contribution < 1.29 is 4.79 Å². The Morgan fingerprint density at radius 1 is 1.56 bits per heavy atom. The molecule has 0 aliphatic carbocycles. The van der Waals surface area contributed by atoms with E-state index in [0.717, 1.165) is 24.4 Å². The normalized spacial score (nSPS) is 12.7. The molecule has 1 amide bonds. The summed E-state index contributed by atoms with van der Waals surface area (Å²) < 4.78 is 1.82. The van der Waals surface area contributed by atoms with Gasteiger partial charge in [0.2, 0.25) is 5.91 Å². The summed E-state index contributed by atoms with van der Waals surface area (Å²) >= 11 is 6.07. The van der Waals surface area contributed by atoms with Crippen molar-refractivity contribution in [3.63, 3.8) is 0 Å². The molecule has 1 heterocycles. The molecule has 0 saturated heterocycles. The molecule has 0 aliphatic heterocycles. The molecule has 1 unspecified atom stereocenters. The van der Waals surface area contributed by atoms with Gasteiger partial charge in [-0.3, -0.25) is 9.48 Å². The Balaban J connectivity index is 2.61. The minimum Gasteiger partial charge on any atom is -0.368 e. The fourth-order valence-electron chi connectivity index (χ4n) is 1.81. The van der Waals surface area contributed by atoms with Gasteiger partial charge in [-0.2, -0.15) is 5.10 Å². The van der Waals surface area contributed by atoms with Crippen LogP contribution in [0.4, 0.5) is 0 Å². The summed E-state index contributed by atoms with van der Waals surface area (Å²) in [7, 11) is 0. The largest absolute Gasteiger partial charge is 0.368 e. The molecule has 5 nitrogen and oxygen atoms in total. The van der Waals surface area contributed by atoms with Crippen molar-refractivity contribution >= 4 is 17.5 Å². The predicted molar refractivity (Wildman–Crippen MR) is 72.6 cm³/mol. The highest BCUT2D eigenvalue weighted by Gasteiger charge is 2.16. The molecule has 0 saturated carbocycles. The number of primary amides is 1. The van der Waals surface area contributed by atoms with E-state index in [1.807, 2.05) is 25.5 Å². The Bertz CT molecular complexity index is 416. The van der Waals surface area contributed by atoms with E-state index in [1.54, 1.807) is 0 Å². The number of nitrogens with zero attached hydrogens (tertiary/aromatic N) is 2. The smallest absolute Gasteiger partial charge is 0.234 e. The Morgan fingerprint density at radius 3 is 2.67 bits per heavy atom. The van der Waals surface area contributed by atoms with Gasteiger partial charge in [-0.25, -0.2) is 0 Å². The first-order valence-corrected chi connectivity index (χ1v) is 6.57. The lowest BCUT2D eigenvalue weighted by Gasteiger charge is -2.15. The van der Waals surface area contributed by atoms with Crippen LogP contribution in [0.25, 0.3) is 0 Å². The Morgan fingerprint density at radius 2 is 2.22 bits per heavy atom. The van der Waals surface area contributed by atoms with Gasteiger partial charge in [0.1, 0.15) is 0 Å². The Labute approximate surface area is 113 Å². The first kappa shape index (κ1) is 15.0. The van der Waals surface area contributed by atoms with Crippen molar-refractivity contribution in [1.29, 1.82) is 0 Å². The van der Waals surface area contributed by atoms with Crippen LogP contribution < -0.4 is 11.1 Å². The molecule has 18 heavy (non-hydrogen) atoms. The maximum Gasteiger partial charge on any atom is 0.234 e. The lowest BCUT2D eigenvalue weighted by atomic mass is 10.2. The van der Waals surface area contributed by atoms with E-state index in [2.05, 4.69) is 10.4 Å². The Kier molecular flexibility index (Phi) is 5.62. The molecule has 1 aromatic rings. The molecule has 0 spiro atoms. The van der Waals surface area contributed by atoms with Crippen molar-refractivity contribution in [3.8, 4) is 0 Å². The Hall–Kier alpha value is -1.07. The van der Waals surface area contributed by atoms with Gasteiger partial charge >= 0.3 is 0 Å². The van der Waals surface area contributed by atoms with Gasteiger partial charge in [0.15, 0.2) is 0 Å². The maximum absolute atomic E-state index is 11.3. The summed E-state index contributed by atoms with van der Waals surface area (Å²) in [5.74, 6) is -0.323. The number of rotatable bonds is 7. The molecule has 0 fully saturated rings. The summed E-state index contributed by atoms with van der Waals surface area (Å²) in [4.78, 5) is 11.3. The molecule has 1 aromatic heterocycles. The third-order valence-corrected chi connectivity index (χ3v) is 3.45. The number of nitrogens with two attached hydrogens (primary N) is 1. The number of carbonyl (C=O) groups is 1. The number of halogens is 1. The van der Waals surface area contributed by atoms with Gasteiger partial charge in [-0.1, -0.05) is 18.5 Å².